The first kappa shape index (κ1) is 8.49. The van der Waals surface area contributed by atoms with Crippen molar-refractivity contribution in [3.05, 3.63) is 5.21 Å². The largest absolute Gasteiger partial charge is 0.632 e. The number of quaternary nitrogens is 1. The molecule has 0 aromatic heterocycles. The molecule has 0 spiro atoms. The molecule has 0 saturated carbocycles. The molecule has 4 heteroatoms. The van der Waals surface area contributed by atoms with E-state index in [-0.39, 0.29) is 11.0 Å². The van der Waals surface area contributed by atoms with E-state index in [9.17, 15) is 10.0 Å². The highest BCUT2D eigenvalue weighted by atomic mass is 16.5. The van der Waals surface area contributed by atoms with Crippen LogP contribution < -0.4 is 10.4 Å². The molecule has 1 aliphatic rings. The Balaban J connectivity index is 2.98. The summed E-state index contributed by atoms with van der Waals surface area (Å²) >= 11 is 0. The third kappa shape index (κ3) is 1.02. The lowest BCUT2D eigenvalue weighted by atomic mass is 10.1. The van der Waals surface area contributed by atoms with Gasteiger partial charge >= 0.3 is 0 Å². The van der Waals surface area contributed by atoms with E-state index in [1.165, 1.54) is 0 Å². The van der Waals surface area contributed by atoms with Gasteiger partial charge in [0.1, 0.15) is 0 Å². The van der Waals surface area contributed by atoms with Crippen LogP contribution in [-0.4, -0.2) is 17.1 Å². The van der Waals surface area contributed by atoms with Crippen LogP contribution in [0.3, 0.4) is 0 Å². The van der Waals surface area contributed by atoms with Crippen LogP contribution in [0.5, 0.6) is 0 Å². The van der Waals surface area contributed by atoms with Gasteiger partial charge in [0.2, 0.25) is 0 Å². The first-order valence-corrected chi connectivity index (χ1v) is 3.66. The molecule has 11 heavy (non-hydrogen) atoms. The zero-order valence-corrected chi connectivity index (χ0v) is 7.32. The fourth-order valence-corrected chi connectivity index (χ4v) is 1.38. The lowest BCUT2D eigenvalue weighted by Crippen LogP contribution is -3.20. The SMILES string of the molecule is CC1(C)NC(=O)C(C)(C)[NH+]1[O-]. The van der Waals surface area contributed by atoms with Crippen LogP contribution in [0.1, 0.15) is 27.7 Å². The van der Waals surface area contributed by atoms with Crippen LogP contribution >= 0.6 is 0 Å². The van der Waals surface area contributed by atoms with Gasteiger partial charge in [-0.15, -0.1) is 0 Å². The predicted molar refractivity (Wildman–Crippen MR) is 40.6 cm³/mol. The number of hydrogen-bond acceptors (Lipinski definition) is 2. The number of nitrogens with one attached hydrogen (secondary N) is 2. The minimum atomic E-state index is -0.844. The van der Waals surface area contributed by atoms with Crippen LogP contribution in [0.4, 0.5) is 0 Å². The number of hydroxylamine groups is 2. The van der Waals surface area contributed by atoms with Gasteiger partial charge in [-0.05, 0) is 0 Å². The van der Waals surface area contributed by atoms with E-state index in [1.54, 1.807) is 27.7 Å². The highest BCUT2D eigenvalue weighted by molar-refractivity contribution is 5.85. The number of hydrogen-bond donors (Lipinski definition) is 2. The molecule has 1 fully saturated rings. The molecule has 64 valence electrons. The second-order valence-corrected chi connectivity index (χ2v) is 4.03. The molecule has 1 rings (SSSR count). The van der Waals surface area contributed by atoms with E-state index in [0.29, 0.717) is 0 Å². The van der Waals surface area contributed by atoms with Gasteiger partial charge < -0.3 is 10.3 Å². The smallest absolute Gasteiger partial charge is 0.285 e. The number of carbonyl (C=O) groups excluding carboxylic acids is 1. The van der Waals surface area contributed by atoms with Crippen LogP contribution in [0.25, 0.3) is 0 Å². The lowest BCUT2D eigenvalue weighted by Gasteiger charge is -2.36. The van der Waals surface area contributed by atoms with Crippen LogP contribution in [0.15, 0.2) is 0 Å². The number of carbonyl (C=O) groups is 1. The molecule has 0 aromatic carbocycles. The molecular formula is C7H14N2O2. The van der Waals surface area contributed by atoms with Gasteiger partial charge in [0.25, 0.3) is 5.91 Å². The van der Waals surface area contributed by atoms with Gasteiger partial charge in [-0.3, -0.25) is 10.1 Å². The summed E-state index contributed by atoms with van der Waals surface area (Å²) in [4.78, 5) is 11.2. The number of rotatable bonds is 0. The Morgan fingerprint density at radius 2 is 1.82 bits per heavy atom. The van der Waals surface area contributed by atoms with E-state index in [1.807, 2.05) is 0 Å². The standard InChI is InChI=1S/C7H14N2O2/c1-6(2)5(10)8-7(3,4)9(6)11/h9H,1-4H3,(H,8,10). The second kappa shape index (κ2) is 1.95. The molecule has 1 aliphatic heterocycles. The third-order valence-electron chi connectivity index (χ3n) is 2.13. The average Bonchev–Trinajstić information content (AvgIpc) is 1.94. The Hall–Kier alpha value is -0.610. The van der Waals surface area contributed by atoms with E-state index < -0.39 is 11.2 Å². The maximum Gasteiger partial charge on any atom is 0.285 e. The first-order valence-electron chi connectivity index (χ1n) is 3.66. The average molecular weight is 158 g/mol. The second-order valence-electron chi connectivity index (χ2n) is 4.03. The van der Waals surface area contributed by atoms with Crippen molar-refractivity contribution in [2.45, 2.75) is 38.9 Å². The summed E-state index contributed by atoms with van der Waals surface area (Å²) in [5.41, 5.74) is -1.52. The first-order chi connectivity index (χ1) is 4.78. The van der Waals surface area contributed by atoms with Crippen LogP contribution in [0.2, 0.25) is 0 Å². The highest BCUT2D eigenvalue weighted by Crippen LogP contribution is 2.09. The maximum absolute atomic E-state index is 11.5. The van der Waals surface area contributed by atoms with Crippen molar-refractivity contribution in [3.8, 4) is 0 Å². The summed E-state index contributed by atoms with van der Waals surface area (Å²) in [7, 11) is 0. The van der Waals surface area contributed by atoms with Gasteiger partial charge in [0, 0.05) is 27.7 Å². The molecule has 2 N–H and O–H groups in total. The fourth-order valence-electron chi connectivity index (χ4n) is 1.38. The zero-order valence-electron chi connectivity index (χ0n) is 7.32. The molecule has 0 bridgehead atoms. The van der Waals surface area contributed by atoms with Crippen molar-refractivity contribution in [2.75, 3.05) is 0 Å². The molecular weight excluding hydrogens is 144 g/mol. The molecule has 1 saturated heterocycles. The molecule has 1 atom stereocenters. The van der Waals surface area contributed by atoms with Gasteiger partial charge in [-0.1, -0.05) is 0 Å². The van der Waals surface area contributed by atoms with E-state index >= 15 is 0 Å². The summed E-state index contributed by atoms with van der Waals surface area (Å²) in [6.45, 7) is 6.75. The Morgan fingerprint density at radius 3 is 1.91 bits per heavy atom. The molecule has 0 aliphatic carbocycles. The van der Waals surface area contributed by atoms with Gasteiger partial charge in [-0.2, -0.15) is 0 Å². The minimum Gasteiger partial charge on any atom is -0.632 e. The fraction of sp³-hybridized carbons (Fsp3) is 0.857. The zero-order chi connectivity index (χ0) is 8.86. The quantitative estimate of drug-likeness (QED) is 0.445. The van der Waals surface area contributed by atoms with Crippen LogP contribution in [0, 0.1) is 5.21 Å². The summed E-state index contributed by atoms with van der Waals surface area (Å²) < 4.78 is 0. The molecule has 1 unspecified atom stereocenters. The van der Waals surface area contributed by atoms with Gasteiger partial charge in [-0.25, -0.2) is 0 Å². The normalized spacial score (nSPS) is 33.5. The van der Waals surface area contributed by atoms with Crippen molar-refractivity contribution in [3.63, 3.8) is 0 Å². The highest BCUT2D eigenvalue weighted by Gasteiger charge is 2.50. The van der Waals surface area contributed by atoms with Crippen molar-refractivity contribution in [2.24, 2.45) is 0 Å². The Kier molecular flexibility index (Phi) is 1.51. The molecule has 1 amide bonds. The van der Waals surface area contributed by atoms with Crippen molar-refractivity contribution >= 4 is 5.91 Å². The van der Waals surface area contributed by atoms with Gasteiger partial charge in [0.15, 0.2) is 11.2 Å². The summed E-state index contributed by atoms with van der Waals surface area (Å²) in [5.74, 6) is -0.174. The van der Waals surface area contributed by atoms with E-state index in [0.717, 1.165) is 0 Å². The summed E-state index contributed by atoms with van der Waals surface area (Å²) in [5, 5.41) is 14.1. The molecule has 1 heterocycles. The third-order valence-corrected chi connectivity index (χ3v) is 2.13. The lowest BCUT2D eigenvalue weighted by molar-refractivity contribution is -0.929. The monoisotopic (exact) mass is 158 g/mol. The number of amides is 1. The predicted octanol–water partition coefficient (Wildman–Crippen LogP) is -0.986. The van der Waals surface area contributed by atoms with Crippen molar-refractivity contribution in [1.82, 2.24) is 5.32 Å². The van der Waals surface area contributed by atoms with E-state index in [2.05, 4.69) is 5.32 Å². The summed E-state index contributed by atoms with van der Waals surface area (Å²) in [6.07, 6.45) is 0. The van der Waals surface area contributed by atoms with Crippen LogP contribution in [-0.2, 0) is 4.79 Å². The van der Waals surface area contributed by atoms with Crippen molar-refractivity contribution in [1.29, 1.82) is 0 Å². The van der Waals surface area contributed by atoms with Gasteiger partial charge in [0.05, 0.1) is 0 Å². The Labute approximate surface area is 66.1 Å². The molecule has 4 nitrogen and oxygen atoms in total. The van der Waals surface area contributed by atoms with E-state index in [4.69, 9.17) is 0 Å². The topological polar surface area (TPSA) is 56.6 Å². The minimum absolute atomic E-state index is 0.0324. The molecule has 0 aromatic rings. The maximum atomic E-state index is 11.5. The van der Waals surface area contributed by atoms with Crippen molar-refractivity contribution < 1.29 is 9.86 Å². The summed E-state index contributed by atoms with van der Waals surface area (Å²) in [6, 6.07) is 0. The molecule has 0 radical (unpaired) electrons. The Bertz CT molecular complexity index is 199. The Morgan fingerprint density at radius 1 is 1.36 bits per heavy atom.